The highest BCUT2D eigenvalue weighted by Gasteiger charge is 2.24. The zero-order chi connectivity index (χ0) is 17.6. The first-order valence-corrected chi connectivity index (χ1v) is 8.25. The van der Waals surface area contributed by atoms with Crippen molar-refractivity contribution in [2.75, 3.05) is 23.3 Å². The number of rotatable bonds is 5. The van der Waals surface area contributed by atoms with Gasteiger partial charge in [-0.2, -0.15) is 5.26 Å². The van der Waals surface area contributed by atoms with Gasteiger partial charge in [-0.15, -0.1) is 0 Å². The van der Waals surface area contributed by atoms with Gasteiger partial charge >= 0.3 is 0 Å². The van der Waals surface area contributed by atoms with E-state index in [4.69, 9.17) is 11.0 Å². The molecule has 3 heterocycles. The Balaban J connectivity index is 1.67. The molecule has 0 aromatic carbocycles. The number of nitrogens with one attached hydrogen (secondary N) is 1. The molecule has 3 rings (SSSR count). The van der Waals surface area contributed by atoms with Crippen LogP contribution < -0.4 is 16.0 Å². The lowest BCUT2D eigenvalue weighted by molar-refractivity contribution is -0.122. The van der Waals surface area contributed by atoms with Crippen molar-refractivity contribution in [3.05, 3.63) is 47.8 Å². The monoisotopic (exact) mass is 336 g/mol. The number of nitrogens with zero attached hydrogens (tertiary/aromatic N) is 4. The minimum absolute atomic E-state index is 0.0376. The predicted molar refractivity (Wildman–Crippen MR) is 94.6 cm³/mol. The van der Waals surface area contributed by atoms with E-state index in [0.717, 1.165) is 37.3 Å². The lowest BCUT2D eigenvalue weighted by atomic mass is 9.96. The number of hydrogen-bond donors (Lipinski definition) is 2. The molecule has 2 aromatic heterocycles. The number of nitrogens with two attached hydrogens (primary N) is 1. The smallest absolute Gasteiger partial charge is 0.220 e. The number of carbonyl (C=O) groups excluding carboxylic acids is 1. The molecule has 0 aliphatic carbocycles. The van der Waals surface area contributed by atoms with Crippen molar-refractivity contribution in [3.8, 4) is 6.07 Å². The fraction of sp³-hybridized carbons (Fsp3) is 0.333. The molecule has 1 aliphatic heterocycles. The average Bonchev–Trinajstić information content (AvgIpc) is 2.67. The van der Waals surface area contributed by atoms with Crippen molar-refractivity contribution >= 4 is 17.5 Å². The highest BCUT2D eigenvalue weighted by Crippen LogP contribution is 2.25. The molecule has 7 nitrogen and oxygen atoms in total. The van der Waals surface area contributed by atoms with E-state index < -0.39 is 0 Å². The summed E-state index contributed by atoms with van der Waals surface area (Å²) in [5.74, 6) is 1.38. The Morgan fingerprint density at radius 3 is 2.76 bits per heavy atom. The van der Waals surface area contributed by atoms with Crippen LogP contribution in [0.15, 0.2) is 36.7 Å². The zero-order valence-corrected chi connectivity index (χ0v) is 13.9. The Labute approximate surface area is 146 Å². The van der Waals surface area contributed by atoms with Crippen LogP contribution in [0.3, 0.4) is 0 Å². The Bertz CT molecular complexity index is 775. The van der Waals surface area contributed by atoms with Crippen molar-refractivity contribution in [2.24, 2.45) is 11.7 Å². The highest BCUT2D eigenvalue weighted by molar-refractivity contribution is 5.77. The quantitative estimate of drug-likeness (QED) is 0.860. The molecule has 25 heavy (non-hydrogen) atoms. The molecule has 0 radical (unpaired) electrons. The van der Waals surface area contributed by atoms with Crippen LogP contribution in [0.25, 0.3) is 0 Å². The summed E-state index contributed by atoms with van der Waals surface area (Å²) in [5.41, 5.74) is 7.00. The molecule has 1 saturated heterocycles. The summed E-state index contributed by atoms with van der Waals surface area (Å²) in [4.78, 5) is 22.3. The van der Waals surface area contributed by atoms with Crippen LogP contribution in [0.2, 0.25) is 0 Å². The SMILES string of the molecule is N#Cc1ccc(NCc2cccnc2N2CCC(C(N)=O)CC2)nc1. The van der Waals surface area contributed by atoms with E-state index in [0.29, 0.717) is 17.9 Å². The summed E-state index contributed by atoms with van der Waals surface area (Å²) in [6.07, 6.45) is 4.84. The summed E-state index contributed by atoms with van der Waals surface area (Å²) in [7, 11) is 0. The van der Waals surface area contributed by atoms with Gasteiger partial charge in [-0.05, 0) is 31.0 Å². The van der Waals surface area contributed by atoms with Gasteiger partial charge in [0.2, 0.25) is 5.91 Å². The fourth-order valence-electron chi connectivity index (χ4n) is 2.98. The number of primary amides is 1. The minimum Gasteiger partial charge on any atom is -0.369 e. The molecular formula is C18H20N6O. The summed E-state index contributed by atoms with van der Waals surface area (Å²) in [5, 5.41) is 12.1. The molecule has 0 atom stereocenters. The normalized spacial score (nSPS) is 14.8. The van der Waals surface area contributed by atoms with E-state index in [1.165, 1.54) is 0 Å². The maximum Gasteiger partial charge on any atom is 0.220 e. The first-order valence-electron chi connectivity index (χ1n) is 8.25. The van der Waals surface area contributed by atoms with E-state index in [1.807, 2.05) is 12.1 Å². The van der Waals surface area contributed by atoms with Crippen LogP contribution >= 0.6 is 0 Å². The van der Waals surface area contributed by atoms with E-state index in [9.17, 15) is 4.79 Å². The van der Waals surface area contributed by atoms with Gasteiger partial charge in [0.1, 0.15) is 17.7 Å². The molecule has 2 aromatic rings. The Morgan fingerprint density at radius 2 is 2.12 bits per heavy atom. The molecular weight excluding hydrogens is 316 g/mol. The molecule has 0 unspecified atom stereocenters. The second kappa shape index (κ2) is 7.62. The number of hydrogen-bond acceptors (Lipinski definition) is 6. The number of carbonyl (C=O) groups is 1. The van der Waals surface area contributed by atoms with Gasteiger partial charge in [-0.3, -0.25) is 4.79 Å². The second-order valence-electron chi connectivity index (χ2n) is 6.05. The molecule has 1 aliphatic rings. The number of amides is 1. The van der Waals surface area contributed by atoms with Crippen molar-refractivity contribution in [3.63, 3.8) is 0 Å². The Hall–Kier alpha value is -3.14. The van der Waals surface area contributed by atoms with Gasteiger partial charge in [0, 0.05) is 43.5 Å². The largest absolute Gasteiger partial charge is 0.369 e. The standard InChI is InChI=1S/C18H20N6O/c19-10-13-3-4-16(22-11-13)23-12-15-2-1-7-21-18(15)24-8-5-14(6-9-24)17(20)25/h1-4,7,11,14H,5-6,8-9,12H2,(H2,20,25)(H,22,23). The minimum atomic E-state index is -0.213. The zero-order valence-electron chi connectivity index (χ0n) is 13.9. The summed E-state index contributed by atoms with van der Waals surface area (Å²) in [6, 6.07) is 9.50. The van der Waals surface area contributed by atoms with Gasteiger partial charge in [0.25, 0.3) is 0 Å². The maximum atomic E-state index is 11.3. The third-order valence-corrected chi connectivity index (χ3v) is 4.42. The first kappa shape index (κ1) is 16.7. The molecule has 0 bridgehead atoms. The summed E-state index contributed by atoms with van der Waals surface area (Å²) >= 11 is 0. The number of anilines is 2. The van der Waals surface area contributed by atoms with Gasteiger partial charge in [-0.1, -0.05) is 6.07 Å². The topological polar surface area (TPSA) is 108 Å². The lowest BCUT2D eigenvalue weighted by Crippen LogP contribution is -2.39. The molecule has 3 N–H and O–H groups in total. The van der Waals surface area contributed by atoms with Crippen LogP contribution in [0, 0.1) is 17.2 Å². The molecule has 1 fully saturated rings. The Morgan fingerprint density at radius 1 is 1.32 bits per heavy atom. The van der Waals surface area contributed by atoms with Gasteiger partial charge in [0.05, 0.1) is 5.56 Å². The van der Waals surface area contributed by atoms with Crippen LogP contribution in [-0.2, 0) is 11.3 Å². The van der Waals surface area contributed by atoms with E-state index >= 15 is 0 Å². The number of aromatic nitrogens is 2. The van der Waals surface area contributed by atoms with Crippen molar-refractivity contribution in [2.45, 2.75) is 19.4 Å². The number of piperidine rings is 1. The van der Waals surface area contributed by atoms with E-state index in [2.05, 4.69) is 26.3 Å². The average molecular weight is 336 g/mol. The van der Waals surface area contributed by atoms with Gasteiger partial charge in [-0.25, -0.2) is 9.97 Å². The third kappa shape index (κ3) is 4.04. The van der Waals surface area contributed by atoms with E-state index in [1.54, 1.807) is 24.5 Å². The summed E-state index contributed by atoms with van der Waals surface area (Å²) in [6.45, 7) is 2.12. The number of pyridine rings is 2. The van der Waals surface area contributed by atoms with Crippen LogP contribution in [0.4, 0.5) is 11.6 Å². The summed E-state index contributed by atoms with van der Waals surface area (Å²) < 4.78 is 0. The molecule has 0 saturated carbocycles. The molecule has 1 amide bonds. The molecule has 0 spiro atoms. The first-order chi connectivity index (χ1) is 12.2. The van der Waals surface area contributed by atoms with Gasteiger partial charge < -0.3 is 16.0 Å². The molecule has 7 heteroatoms. The highest BCUT2D eigenvalue weighted by atomic mass is 16.1. The van der Waals surface area contributed by atoms with Crippen molar-refractivity contribution in [1.82, 2.24) is 9.97 Å². The number of nitriles is 1. The van der Waals surface area contributed by atoms with Crippen LogP contribution in [-0.4, -0.2) is 29.0 Å². The lowest BCUT2D eigenvalue weighted by Gasteiger charge is -2.32. The van der Waals surface area contributed by atoms with Crippen LogP contribution in [0.1, 0.15) is 24.0 Å². The second-order valence-corrected chi connectivity index (χ2v) is 6.05. The third-order valence-electron chi connectivity index (χ3n) is 4.42. The fourth-order valence-corrected chi connectivity index (χ4v) is 2.98. The predicted octanol–water partition coefficient (Wildman–Crippen LogP) is 1.66. The van der Waals surface area contributed by atoms with Crippen LogP contribution in [0.5, 0.6) is 0 Å². The van der Waals surface area contributed by atoms with Gasteiger partial charge in [0.15, 0.2) is 0 Å². The van der Waals surface area contributed by atoms with Crippen molar-refractivity contribution in [1.29, 1.82) is 5.26 Å². The van der Waals surface area contributed by atoms with E-state index in [-0.39, 0.29) is 11.8 Å². The van der Waals surface area contributed by atoms with Crippen molar-refractivity contribution < 1.29 is 4.79 Å². The maximum absolute atomic E-state index is 11.3. The molecule has 128 valence electrons. The Kier molecular flexibility index (Phi) is 5.09.